The quantitative estimate of drug-likeness (QED) is 0.265. The summed E-state index contributed by atoms with van der Waals surface area (Å²) in [5.74, 6) is -1.22. The molecule has 4 atom stereocenters. The number of rotatable bonds is 15. The summed E-state index contributed by atoms with van der Waals surface area (Å²) in [5, 5.41) is 29.7. The summed E-state index contributed by atoms with van der Waals surface area (Å²) in [7, 11) is 0. The third kappa shape index (κ3) is 8.29. The highest BCUT2D eigenvalue weighted by atomic mass is 16.7. The Morgan fingerprint density at radius 2 is 1.67 bits per heavy atom. The predicted molar refractivity (Wildman–Crippen MR) is 116 cm³/mol. The summed E-state index contributed by atoms with van der Waals surface area (Å²) in [6.45, 7) is 3.48. The van der Waals surface area contributed by atoms with Gasteiger partial charge in [-0.05, 0) is 50.4 Å². The van der Waals surface area contributed by atoms with Crippen LogP contribution in [-0.2, 0) is 14.3 Å². The molecule has 2 unspecified atom stereocenters. The number of carboxylic acids is 1. The largest absolute Gasteiger partial charge is 0.481 e. The fourth-order valence-corrected chi connectivity index (χ4v) is 4.94. The SMILES string of the molecule is CCCCCCCC1(CC[C@@H]2C(C/C=C\CCCC(=O)O)C(O)C[C@H]2O)OCCO1. The number of unbranched alkanes of at least 4 members (excludes halogenated alkanes) is 5. The Kier molecular flexibility index (Phi) is 11.4. The molecule has 1 heterocycles. The van der Waals surface area contributed by atoms with Crippen molar-refractivity contribution in [3.63, 3.8) is 0 Å². The summed E-state index contributed by atoms with van der Waals surface area (Å²) < 4.78 is 12.0. The molecule has 2 fully saturated rings. The Labute approximate surface area is 181 Å². The van der Waals surface area contributed by atoms with E-state index < -0.39 is 24.0 Å². The van der Waals surface area contributed by atoms with Crippen LogP contribution in [0.15, 0.2) is 12.2 Å². The zero-order chi connectivity index (χ0) is 21.8. The van der Waals surface area contributed by atoms with E-state index in [-0.39, 0.29) is 18.3 Å². The average molecular weight is 427 g/mol. The zero-order valence-corrected chi connectivity index (χ0v) is 18.6. The van der Waals surface area contributed by atoms with Crippen molar-refractivity contribution in [2.75, 3.05) is 13.2 Å². The van der Waals surface area contributed by atoms with Gasteiger partial charge in [-0.1, -0.05) is 44.8 Å². The van der Waals surface area contributed by atoms with Gasteiger partial charge in [0.05, 0.1) is 25.4 Å². The second kappa shape index (κ2) is 13.5. The zero-order valence-electron chi connectivity index (χ0n) is 18.6. The number of hydrogen-bond donors (Lipinski definition) is 3. The maximum atomic E-state index is 10.6. The van der Waals surface area contributed by atoms with E-state index >= 15 is 0 Å². The van der Waals surface area contributed by atoms with Crippen molar-refractivity contribution < 1.29 is 29.6 Å². The molecule has 3 N–H and O–H groups in total. The predicted octanol–water partition coefficient (Wildman–Crippen LogP) is 4.43. The molecule has 1 saturated carbocycles. The molecule has 0 aromatic heterocycles. The van der Waals surface area contributed by atoms with Gasteiger partial charge in [0.1, 0.15) is 0 Å². The van der Waals surface area contributed by atoms with Gasteiger partial charge >= 0.3 is 5.97 Å². The van der Waals surface area contributed by atoms with Gasteiger partial charge < -0.3 is 24.8 Å². The smallest absolute Gasteiger partial charge is 0.303 e. The Morgan fingerprint density at radius 1 is 0.967 bits per heavy atom. The summed E-state index contributed by atoms with van der Waals surface area (Å²) in [4.78, 5) is 10.6. The number of aliphatic hydroxyl groups excluding tert-OH is 2. The number of ether oxygens (including phenoxy) is 2. The lowest BCUT2D eigenvalue weighted by Gasteiger charge is -2.31. The van der Waals surface area contributed by atoms with E-state index in [1.54, 1.807) is 0 Å². The normalized spacial score (nSPS) is 28.5. The minimum absolute atomic E-state index is 0.0266. The van der Waals surface area contributed by atoms with Gasteiger partial charge in [0.15, 0.2) is 5.79 Å². The first-order valence-corrected chi connectivity index (χ1v) is 12.0. The molecule has 0 radical (unpaired) electrons. The first-order valence-electron chi connectivity index (χ1n) is 12.0. The van der Waals surface area contributed by atoms with E-state index in [2.05, 4.69) is 6.92 Å². The van der Waals surface area contributed by atoms with Gasteiger partial charge in [-0.15, -0.1) is 0 Å². The lowest BCUT2D eigenvalue weighted by molar-refractivity contribution is -0.171. The van der Waals surface area contributed by atoms with Crippen molar-refractivity contribution in [1.29, 1.82) is 0 Å². The van der Waals surface area contributed by atoms with Crippen molar-refractivity contribution in [2.45, 2.75) is 108 Å². The fraction of sp³-hybridized carbons (Fsp3) is 0.875. The van der Waals surface area contributed by atoms with Crippen molar-refractivity contribution in [3.05, 3.63) is 12.2 Å². The highest BCUT2D eigenvalue weighted by Crippen LogP contribution is 2.41. The molecule has 1 aliphatic heterocycles. The highest BCUT2D eigenvalue weighted by molar-refractivity contribution is 5.66. The lowest BCUT2D eigenvalue weighted by Crippen LogP contribution is -2.33. The molecule has 0 aromatic carbocycles. The molecule has 6 heteroatoms. The monoisotopic (exact) mass is 426 g/mol. The molecular formula is C24H42O6. The van der Waals surface area contributed by atoms with Gasteiger partial charge in [0, 0.05) is 19.3 Å². The van der Waals surface area contributed by atoms with Crippen LogP contribution in [0.25, 0.3) is 0 Å². The molecule has 174 valence electrons. The van der Waals surface area contributed by atoms with E-state index in [0.29, 0.717) is 32.5 Å². The Hall–Kier alpha value is -0.950. The van der Waals surface area contributed by atoms with E-state index in [9.17, 15) is 15.0 Å². The molecule has 0 amide bonds. The number of carboxylic acid groups (broad SMARTS) is 1. The number of aliphatic carboxylic acids is 1. The van der Waals surface area contributed by atoms with Crippen LogP contribution in [-0.4, -0.2) is 52.5 Å². The van der Waals surface area contributed by atoms with Crippen molar-refractivity contribution in [2.24, 2.45) is 11.8 Å². The fourth-order valence-electron chi connectivity index (χ4n) is 4.94. The number of aliphatic hydroxyl groups is 2. The molecule has 2 rings (SSSR count). The second-order valence-electron chi connectivity index (χ2n) is 9.00. The minimum Gasteiger partial charge on any atom is -0.481 e. The number of carbonyl (C=O) groups is 1. The molecule has 1 saturated heterocycles. The van der Waals surface area contributed by atoms with Gasteiger partial charge in [0.25, 0.3) is 0 Å². The second-order valence-corrected chi connectivity index (χ2v) is 9.00. The third-order valence-corrected chi connectivity index (χ3v) is 6.69. The maximum Gasteiger partial charge on any atom is 0.303 e. The van der Waals surface area contributed by atoms with Crippen LogP contribution in [0.4, 0.5) is 0 Å². The van der Waals surface area contributed by atoms with Crippen LogP contribution in [0.1, 0.15) is 90.4 Å². The molecule has 0 bridgehead atoms. The van der Waals surface area contributed by atoms with Gasteiger partial charge in [-0.3, -0.25) is 4.79 Å². The van der Waals surface area contributed by atoms with Crippen LogP contribution in [0, 0.1) is 11.8 Å². The third-order valence-electron chi connectivity index (χ3n) is 6.69. The van der Waals surface area contributed by atoms with Gasteiger partial charge in [-0.25, -0.2) is 0 Å². The maximum absolute atomic E-state index is 10.6. The van der Waals surface area contributed by atoms with Crippen molar-refractivity contribution >= 4 is 5.97 Å². The average Bonchev–Trinajstić information content (AvgIpc) is 3.27. The molecule has 2 aliphatic rings. The number of hydrogen-bond acceptors (Lipinski definition) is 5. The molecule has 0 spiro atoms. The number of allylic oxidation sites excluding steroid dienone is 2. The first kappa shape index (κ1) is 25.3. The summed E-state index contributed by atoms with van der Waals surface area (Å²) in [5.41, 5.74) is 0. The first-order chi connectivity index (χ1) is 14.5. The summed E-state index contributed by atoms with van der Waals surface area (Å²) in [6, 6.07) is 0. The van der Waals surface area contributed by atoms with Crippen LogP contribution < -0.4 is 0 Å². The topological polar surface area (TPSA) is 96.2 Å². The molecule has 1 aliphatic carbocycles. The van der Waals surface area contributed by atoms with E-state index in [1.165, 1.54) is 25.7 Å². The van der Waals surface area contributed by atoms with Crippen molar-refractivity contribution in [3.8, 4) is 0 Å². The Bertz CT molecular complexity index is 514. The van der Waals surface area contributed by atoms with Crippen LogP contribution >= 0.6 is 0 Å². The van der Waals surface area contributed by atoms with Crippen LogP contribution in [0.2, 0.25) is 0 Å². The molecule has 30 heavy (non-hydrogen) atoms. The molecule has 6 nitrogen and oxygen atoms in total. The highest BCUT2D eigenvalue weighted by Gasteiger charge is 2.43. The lowest BCUT2D eigenvalue weighted by atomic mass is 9.85. The van der Waals surface area contributed by atoms with Crippen molar-refractivity contribution in [1.82, 2.24) is 0 Å². The minimum atomic E-state index is -0.770. The Balaban J connectivity index is 1.82. The van der Waals surface area contributed by atoms with E-state index in [1.807, 2.05) is 12.2 Å². The van der Waals surface area contributed by atoms with E-state index in [4.69, 9.17) is 14.6 Å². The summed E-state index contributed by atoms with van der Waals surface area (Å²) in [6.07, 6.45) is 14.2. The van der Waals surface area contributed by atoms with Gasteiger partial charge in [-0.2, -0.15) is 0 Å². The molecule has 0 aromatic rings. The van der Waals surface area contributed by atoms with E-state index in [0.717, 1.165) is 32.1 Å². The summed E-state index contributed by atoms with van der Waals surface area (Å²) >= 11 is 0. The van der Waals surface area contributed by atoms with Crippen LogP contribution in [0.3, 0.4) is 0 Å². The standard InChI is InChI=1S/C24H42O6/c1-2-3-4-7-10-14-24(29-16-17-30-24)15-13-20-19(21(25)18-22(20)26)11-8-5-6-9-12-23(27)28/h5,8,19-22,25-26H,2-4,6-7,9-18H2,1H3,(H,27,28)/b8-5-/t19?,20-,21?,22-/m1/s1. The van der Waals surface area contributed by atoms with Gasteiger partial charge in [0.2, 0.25) is 0 Å². The van der Waals surface area contributed by atoms with Crippen LogP contribution in [0.5, 0.6) is 0 Å². The Morgan fingerprint density at radius 3 is 2.37 bits per heavy atom. The molecular weight excluding hydrogens is 384 g/mol.